The summed E-state index contributed by atoms with van der Waals surface area (Å²) in [6.07, 6.45) is 0.635. The van der Waals surface area contributed by atoms with Crippen molar-refractivity contribution in [2.75, 3.05) is 0 Å². The zero-order chi connectivity index (χ0) is 13.3. The minimum absolute atomic E-state index is 0.0928. The number of nitro groups is 1. The van der Waals surface area contributed by atoms with Gasteiger partial charge in [-0.1, -0.05) is 18.3 Å². The summed E-state index contributed by atoms with van der Waals surface area (Å²) in [4.78, 5) is 25.4. The van der Waals surface area contributed by atoms with Crippen LogP contribution < -0.4 is 5.56 Å². The monoisotopic (exact) mass is 264 g/mol. The number of aromatic amines is 1. The normalized spacial score (nSPS) is 10.6. The molecule has 0 aliphatic rings. The van der Waals surface area contributed by atoms with Crippen LogP contribution in [0.25, 0.3) is 10.4 Å². The minimum Gasteiger partial charge on any atom is -0.326 e. The van der Waals surface area contributed by atoms with E-state index < -0.39 is 4.92 Å². The fourth-order valence-corrected chi connectivity index (χ4v) is 2.65. The van der Waals surface area contributed by atoms with Gasteiger partial charge in [0.05, 0.1) is 4.92 Å². The van der Waals surface area contributed by atoms with Crippen molar-refractivity contribution in [3.63, 3.8) is 0 Å². The van der Waals surface area contributed by atoms with Crippen LogP contribution in [0.4, 0.5) is 5.00 Å². The highest BCUT2D eigenvalue weighted by molar-refractivity contribution is 7.18. The van der Waals surface area contributed by atoms with Gasteiger partial charge in [-0.15, -0.1) is 0 Å². The molecule has 0 aromatic carbocycles. The average Bonchev–Trinajstić information content (AvgIpc) is 2.78. The Morgan fingerprint density at radius 3 is 2.72 bits per heavy atom. The van der Waals surface area contributed by atoms with E-state index in [-0.39, 0.29) is 10.6 Å². The zero-order valence-corrected chi connectivity index (χ0v) is 10.8. The lowest BCUT2D eigenvalue weighted by Crippen LogP contribution is -2.13. The van der Waals surface area contributed by atoms with E-state index in [1.807, 2.05) is 13.0 Å². The maximum atomic E-state index is 11.6. The van der Waals surface area contributed by atoms with Crippen molar-refractivity contribution in [3.8, 4) is 10.4 Å². The molecule has 0 fully saturated rings. The summed E-state index contributed by atoms with van der Waals surface area (Å²) < 4.78 is 0. The molecule has 94 valence electrons. The Kier molecular flexibility index (Phi) is 3.29. The van der Waals surface area contributed by atoms with Gasteiger partial charge in [0.1, 0.15) is 0 Å². The summed E-state index contributed by atoms with van der Waals surface area (Å²) in [6.45, 7) is 3.70. The summed E-state index contributed by atoms with van der Waals surface area (Å²) >= 11 is 1.11. The van der Waals surface area contributed by atoms with Crippen LogP contribution in [0.3, 0.4) is 0 Å². The van der Waals surface area contributed by atoms with Gasteiger partial charge < -0.3 is 4.98 Å². The van der Waals surface area contributed by atoms with Crippen LogP contribution in [0.15, 0.2) is 23.0 Å². The first-order valence-corrected chi connectivity index (χ1v) is 6.32. The molecule has 0 saturated heterocycles. The van der Waals surface area contributed by atoms with E-state index in [9.17, 15) is 14.9 Å². The molecule has 0 unspecified atom stereocenters. The highest BCUT2D eigenvalue weighted by Crippen LogP contribution is 2.33. The fraction of sp³-hybridized carbons (Fsp3) is 0.250. The second-order valence-electron chi connectivity index (χ2n) is 3.91. The van der Waals surface area contributed by atoms with E-state index in [0.29, 0.717) is 12.0 Å². The number of pyridine rings is 1. The van der Waals surface area contributed by atoms with Crippen molar-refractivity contribution in [3.05, 3.63) is 49.9 Å². The van der Waals surface area contributed by atoms with Crippen LogP contribution in [0.5, 0.6) is 0 Å². The first-order chi connectivity index (χ1) is 8.52. The third-order valence-electron chi connectivity index (χ3n) is 2.73. The summed E-state index contributed by atoms with van der Waals surface area (Å²) in [5.41, 5.74) is 2.18. The number of hydrogen-bond donors (Lipinski definition) is 1. The third kappa shape index (κ3) is 2.19. The van der Waals surface area contributed by atoms with Gasteiger partial charge >= 0.3 is 5.00 Å². The molecule has 0 amide bonds. The Labute approximate surface area is 107 Å². The lowest BCUT2D eigenvalue weighted by atomic mass is 10.1. The molecule has 1 N–H and O–H groups in total. The second-order valence-corrected chi connectivity index (χ2v) is 4.97. The fourth-order valence-electron chi connectivity index (χ4n) is 1.76. The van der Waals surface area contributed by atoms with Gasteiger partial charge in [-0.05, 0) is 25.5 Å². The molecule has 0 aliphatic carbocycles. The molecule has 0 aliphatic heterocycles. The molecule has 2 aromatic heterocycles. The number of nitrogens with one attached hydrogen (secondary N) is 1. The first kappa shape index (κ1) is 12.5. The van der Waals surface area contributed by atoms with Gasteiger partial charge in [-0.2, -0.15) is 0 Å². The Hall–Kier alpha value is -1.95. The van der Waals surface area contributed by atoms with Crippen LogP contribution in [0.1, 0.15) is 18.2 Å². The Balaban J connectivity index is 2.55. The maximum Gasteiger partial charge on any atom is 0.324 e. The molecule has 6 heteroatoms. The van der Waals surface area contributed by atoms with Crippen molar-refractivity contribution in [1.82, 2.24) is 4.98 Å². The molecule has 0 radical (unpaired) electrons. The summed E-state index contributed by atoms with van der Waals surface area (Å²) in [7, 11) is 0. The van der Waals surface area contributed by atoms with E-state index in [0.717, 1.165) is 27.5 Å². The molecule has 0 bridgehead atoms. The van der Waals surface area contributed by atoms with Crippen molar-refractivity contribution in [1.29, 1.82) is 0 Å². The number of H-pyrrole nitrogens is 1. The lowest BCUT2D eigenvalue weighted by molar-refractivity contribution is -0.380. The Bertz CT molecular complexity index is 658. The third-order valence-corrected chi connectivity index (χ3v) is 3.80. The van der Waals surface area contributed by atoms with Crippen molar-refractivity contribution < 1.29 is 4.92 Å². The van der Waals surface area contributed by atoms with Gasteiger partial charge in [-0.25, -0.2) is 0 Å². The van der Waals surface area contributed by atoms with Crippen LogP contribution in [0.2, 0.25) is 0 Å². The molecule has 0 spiro atoms. The average molecular weight is 264 g/mol. The van der Waals surface area contributed by atoms with Crippen molar-refractivity contribution >= 4 is 16.3 Å². The summed E-state index contributed by atoms with van der Waals surface area (Å²) in [5.74, 6) is 0. The van der Waals surface area contributed by atoms with Crippen molar-refractivity contribution in [2.45, 2.75) is 20.3 Å². The Morgan fingerprint density at radius 1 is 1.44 bits per heavy atom. The molecule has 5 nitrogen and oxygen atoms in total. The number of hydrogen-bond acceptors (Lipinski definition) is 4. The zero-order valence-electron chi connectivity index (χ0n) is 10.0. The van der Waals surface area contributed by atoms with E-state index >= 15 is 0 Å². The molecule has 2 rings (SSSR count). The topological polar surface area (TPSA) is 76.0 Å². The first-order valence-electron chi connectivity index (χ1n) is 5.50. The van der Waals surface area contributed by atoms with Gasteiger partial charge in [0.2, 0.25) is 0 Å². The van der Waals surface area contributed by atoms with Crippen LogP contribution in [-0.4, -0.2) is 9.91 Å². The van der Waals surface area contributed by atoms with Gasteiger partial charge in [0.15, 0.2) is 0 Å². The molecular weight excluding hydrogens is 252 g/mol. The Morgan fingerprint density at radius 2 is 2.17 bits per heavy atom. The standard InChI is InChI=1S/C12H12N2O3S/c1-3-8-6-9(7(2)13-12(8)15)10-4-5-11(18-10)14(16)17/h4-6H,3H2,1-2H3,(H,13,15). The summed E-state index contributed by atoms with van der Waals surface area (Å²) in [6, 6.07) is 5.00. The molecule has 0 saturated carbocycles. The second kappa shape index (κ2) is 4.73. The lowest BCUT2D eigenvalue weighted by Gasteiger charge is -2.05. The molecule has 2 aromatic rings. The van der Waals surface area contributed by atoms with Crippen LogP contribution >= 0.6 is 11.3 Å². The van der Waals surface area contributed by atoms with E-state index in [1.165, 1.54) is 6.07 Å². The number of rotatable bonds is 3. The molecule has 18 heavy (non-hydrogen) atoms. The highest BCUT2D eigenvalue weighted by atomic mass is 32.1. The molecule has 2 heterocycles. The summed E-state index contributed by atoms with van der Waals surface area (Å²) in [5, 5.41) is 10.8. The van der Waals surface area contributed by atoms with E-state index in [4.69, 9.17) is 0 Å². The SMILES string of the molecule is CCc1cc(-c2ccc([N+](=O)[O-])s2)c(C)[nH]c1=O. The predicted octanol–water partition coefficient (Wildman–Crippen LogP) is 2.88. The maximum absolute atomic E-state index is 11.6. The number of thiophene rings is 1. The van der Waals surface area contributed by atoms with E-state index in [1.54, 1.807) is 13.0 Å². The smallest absolute Gasteiger partial charge is 0.324 e. The number of aryl methyl sites for hydroxylation is 2. The quantitative estimate of drug-likeness (QED) is 0.684. The van der Waals surface area contributed by atoms with Gasteiger partial charge in [0.25, 0.3) is 5.56 Å². The van der Waals surface area contributed by atoms with Crippen LogP contribution in [0, 0.1) is 17.0 Å². The number of aromatic nitrogens is 1. The molecular formula is C12H12N2O3S. The van der Waals surface area contributed by atoms with Gasteiger partial charge in [0, 0.05) is 27.8 Å². The largest absolute Gasteiger partial charge is 0.326 e. The van der Waals surface area contributed by atoms with E-state index in [2.05, 4.69) is 4.98 Å². The molecule has 0 atom stereocenters. The van der Waals surface area contributed by atoms with Crippen LogP contribution in [-0.2, 0) is 6.42 Å². The predicted molar refractivity (Wildman–Crippen MR) is 71.1 cm³/mol. The highest BCUT2D eigenvalue weighted by Gasteiger charge is 2.14. The van der Waals surface area contributed by atoms with Gasteiger partial charge in [-0.3, -0.25) is 14.9 Å². The minimum atomic E-state index is -0.407. The number of nitrogens with zero attached hydrogens (tertiary/aromatic N) is 1. The van der Waals surface area contributed by atoms with Crippen molar-refractivity contribution in [2.24, 2.45) is 0 Å².